The number of nitrogens with zero attached hydrogens (tertiary/aromatic N) is 2. The van der Waals surface area contributed by atoms with Crippen molar-refractivity contribution in [3.8, 4) is 22.6 Å². The number of ketones is 2. The van der Waals surface area contributed by atoms with Crippen LogP contribution in [0.1, 0.15) is 57.1 Å². The van der Waals surface area contributed by atoms with Crippen LogP contribution in [0, 0.1) is 0 Å². The molecule has 0 saturated carbocycles. The molecule has 8 rings (SSSR count). The average molecular weight is 936 g/mol. The molecule has 1 unspecified atom stereocenters. The molecule has 1 atom stereocenters. The van der Waals surface area contributed by atoms with Crippen LogP contribution >= 0.6 is 23.5 Å². The maximum atomic E-state index is 13.6. The summed E-state index contributed by atoms with van der Waals surface area (Å²) in [5.41, 5.74) is 7.31. The van der Waals surface area contributed by atoms with Gasteiger partial charge in [0.15, 0.2) is 11.6 Å². The third kappa shape index (κ3) is 11.1. The zero-order valence-electron chi connectivity index (χ0n) is 37.7. The Kier molecular flexibility index (Phi) is 15.2. The van der Waals surface area contributed by atoms with E-state index < -0.39 is 5.97 Å². The van der Waals surface area contributed by atoms with Crippen molar-refractivity contribution in [2.75, 3.05) is 63.8 Å². The summed E-state index contributed by atoms with van der Waals surface area (Å²) >= 11 is 3.58. The van der Waals surface area contributed by atoms with Crippen molar-refractivity contribution in [2.45, 2.75) is 46.4 Å². The number of para-hydroxylation sites is 2. The van der Waals surface area contributed by atoms with Crippen LogP contribution < -0.4 is 25.4 Å². The lowest BCUT2D eigenvalue weighted by Gasteiger charge is -2.39. The summed E-state index contributed by atoms with van der Waals surface area (Å²) in [5, 5.41) is 19.0. The molecule has 2 aliphatic rings. The number of aromatic carboxylic acids is 1. The van der Waals surface area contributed by atoms with E-state index in [0.717, 1.165) is 30.6 Å². The van der Waals surface area contributed by atoms with Crippen molar-refractivity contribution in [1.82, 2.24) is 15.1 Å². The molecule has 1 fully saturated rings. The maximum Gasteiger partial charge on any atom is 0.337 e. The summed E-state index contributed by atoms with van der Waals surface area (Å²) in [4.78, 5) is 59.6. The van der Waals surface area contributed by atoms with Crippen LogP contribution in [-0.2, 0) is 11.2 Å². The number of urea groups is 1. The van der Waals surface area contributed by atoms with Crippen LogP contribution in [0.3, 0.4) is 0 Å². The van der Waals surface area contributed by atoms with E-state index in [-0.39, 0.29) is 48.6 Å². The van der Waals surface area contributed by atoms with Gasteiger partial charge in [0.25, 0.3) is 0 Å². The molecular weight excluding hydrogens is 883 g/mol. The summed E-state index contributed by atoms with van der Waals surface area (Å²) in [6.45, 7) is 2.51. The molecule has 0 radical (unpaired) electrons. The normalized spacial score (nSPS) is 14.5. The van der Waals surface area contributed by atoms with Crippen LogP contribution in [0.4, 0.5) is 27.5 Å². The first kappa shape index (κ1) is 46.8. The van der Waals surface area contributed by atoms with E-state index in [9.17, 15) is 24.3 Å². The van der Waals surface area contributed by atoms with E-state index >= 15 is 0 Å². The van der Waals surface area contributed by atoms with Crippen molar-refractivity contribution in [2.24, 2.45) is 0 Å². The third-order valence-electron chi connectivity index (χ3n) is 12.2. The third-order valence-corrected chi connectivity index (χ3v) is 14.1. The Morgan fingerprint density at radius 2 is 1.30 bits per heavy atom. The van der Waals surface area contributed by atoms with Gasteiger partial charge in [-0.25, -0.2) is 9.59 Å². The molecule has 6 aromatic rings. The number of ether oxygens (including phenoxy) is 2. The fraction of sp³-hybridized carbons (Fsp3) is 0.245. The number of carbonyl (C=O) groups excluding carboxylic acids is 3. The minimum atomic E-state index is -1.04. The highest BCUT2D eigenvalue weighted by Gasteiger charge is 2.31. The van der Waals surface area contributed by atoms with Gasteiger partial charge in [0.2, 0.25) is 0 Å². The van der Waals surface area contributed by atoms with Crippen molar-refractivity contribution >= 4 is 69.8 Å². The van der Waals surface area contributed by atoms with Gasteiger partial charge < -0.3 is 35.4 Å². The number of methoxy groups -OCH3 is 2. The number of anilines is 4. The Morgan fingerprint density at radius 1 is 0.687 bits per heavy atom. The standard InChI is InChI=1S/C53H53N5O7S2/c1-64-48-30-34(35-20-23-45(49(31-35)65-2)56-43-16-8-6-14-40(43)52(61)62)19-22-44(48)55-42-15-7-5-13-39(42)47(60)17-10-12-37(59)33-54-53(63)58-27-25-57(26-28-58)46-29-36-11-4-9-18-50(36)67-51-24-21-38(66-3)32-41(46)51/h4-9,11,13-16,18-24,30-32,46,55-56H,10,12,17,25-29,33H2,1-3H3,(H,54,63)(H,61,62). The molecule has 12 nitrogen and oxygen atoms in total. The fourth-order valence-corrected chi connectivity index (χ4v) is 10.1. The van der Waals surface area contributed by atoms with Gasteiger partial charge in [0, 0.05) is 71.0 Å². The number of Topliss-reactive ketones (excluding diaryl/α,β-unsaturated/α-hetero) is 2. The lowest BCUT2D eigenvalue weighted by Crippen LogP contribution is -2.53. The number of benzene rings is 6. The molecule has 67 heavy (non-hydrogen) atoms. The van der Waals surface area contributed by atoms with Gasteiger partial charge in [-0.15, -0.1) is 11.8 Å². The molecule has 0 bridgehead atoms. The molecule has 2 heterocycles. The van der Waals surface area contributed by atoms with E-state index in [1.807, 2.05) is 60.3 Å². The van der Waals surface area contributed by atoms with Crippen LogP contribution in [0.25, 0.3) is 11.1 Å². The van der Waals surface area contributed by atoms with E-state index in [4.69, 9.17) is 9.47 Å². The highest BCUT2D eigenvalue weighted by atomic mass is 32.2. The number of rotatable bonds is 17. The lowest BCUT2D eigenvalue weighted by molar-refractivity contribution is -0.118. The molecule has 2 amide bonds. The van der Waals surface area contributed by atoms with E-state index in [1.165, 1.54) is 31.9 Å². The van der Waals surface area contributed by atoms with E-state index in [2.05, 4.69) is 69.6 Å². The number of hydrogen-bond donors (Lipinski definition) is 4. The molecule has 0 spiro atoms. The van der Waals surface area contributed by atoms with Gasteiger partial charge in [-0.2, -0.15) is 0 Å². The second kappa shape index (κ2) is 21.7. The SMILES string of the molecule is COc1cc(-c2ccc(Nc3ccccc3C(=O)CCCC(=O)CNC(=O)N3CCN(C4Cc5ccccc5Sc5ccc(SC)cc54)CC3)c(OC)c2)ccc1Nc1ccccc1C(=O)O. The van der Waals surface area contributed by atoms with Crippen molar-refractivity contribution < 1.29 is 33.8 Å². The van der Waals surface area contributed by atoms with E-state index in [0.29, 0.717) is 59.3 Å². The van der Waals surface area contributed by atoms with Crippen molar-refractivity contribution in [3.05, 3.63) is 150 Å². The van der Waals surface area contributed by atoms with Gasteiger partial charge in [-0.05, 0) is 114 Å². The highest BCUT2D eigenvalue weighted by Crippen LogP contribution is 2.44. The molecule has 2 aliphatic heterocycles. The summed E-state index contributed by atoms with van der Waals surface area (Å²) in [6.07, 6.45) is 3.70. The van der Waals surface area contributed by atoms with Crippen LogP contribution in [0.2, 0.25) is 0 Å². The quantitative estimate of drug-likeness (QED) is 0.0509. The molecule has 6 aromatic carbocycles. The Morgan fingerprint density at radius 3 is 1.94 bits per heavy atom. The molecule has 14 heteroatoms. The van der Waals surface area contributed by atoms with Crippen molar-refractivity contribution in [1.29, 1.82) is 0 Å². The number of piperazine rings is 1. The van der Waals surface area contributed by atoms with Gasteiger partial charge >= 0.3 is 12.0 Å². The van der Waals surface area contributed by atoms with Crippen LogP contribution in [0.15, 0.2) is 142 Å². The first-order valence-electron chi connectivity index (χ1n) is 22.2. The summed E-state index contributed by atoms with van der Waals surface area (Å²) in [6, 6.07) is 40.5. The first-order chi connectivity index (χ1) is 32.6. The fourth-order valence-electron chi connectivity index (χ4n) is 8.59. The summed E-state index contributed by atoms with van der Waals surface area (Å²) in [5.74, 6) is -0.199. The van der Waals surface area contributed by atoms with Crippen LogP contribution in [0.5, 0.6) is 11.5 Å². The lowest BCUT2D eigenvalue weighted by atomic mass is 9.96. The minimum absolute atomic E-state index is 0.0855. The number of carbonyl (C=O) groups is 4. The topological polar surface area (TPSA) is 150 Å². The number of amides is 2. The van der Waals surface area contributed by atoms with Gasteiger partial charge in [0.05, 0.1) is 43.4 Å². The molecular formula is C53H53N5O7S2. The van der Waals surface area contributed by atoms with E-state index in [1.54, 1.807) is 61.2 Å². The number of carboxylic acid groups (broad SMARTS) is 1. The molecule has 4 N–H and O–H groups in total. The summed E-state index contributed by atoms with van der Waals surface area (Å²) in [7, 11) is 3.13. The Balaban J connectivity index is 0.822. The second-order valence-corrected chi connectivity index (χ2v) is 18.3. The maximum absolute atomic E-state index is 13.6. The average Bonchev–Trinajstić information content (AvgIpc) is 3.52. The number of thioether (sulfide) groups is 1. The summed E-state index contributed by atoms with van der Waals surface area (Å²) < 4.78 is 11.5. The Labute approximate surface area is 399 Å². The molecule has 344 valence electrons. The predicted octanol–water partition coefficient (Wildman–Crippen LogP) is 11.0. The number of hydrogen-bond acceptors (Lipinski definition) is 11. The molecule has 0 aromatic heterocycles. The van der Waals surface area contributed by atoms with Gasteiger partial charge in [0.1, 0.15) is 11.5 Å². The van der Waals surface area contributed by atoms with Crippen LogP contribution in [-0.4, -0.2) is 91.7 Å². The second-order valence-electron chi connectivity index (χ2n) is 16.3. The minimum Gasteiger partial charge on any atom is -0.495 e. The Bertz CT molecular complexity index is 2790. The zero-order chi connectivity index (χ0) is 46.9. The Hall–Kier alpha value is -6.74. The zero-order valence-corrected chi connectivity index (χ0v) is 39.3. The number of nitrogens with one attached hydrogen (secondary N) is 3. The number of carboxylic acids is 1. The largest absolute Gasteiger partial charge is 0.495 e. The smallest absolute Gasteiger partial charge is 0.337 e. The molecule has 0 aliphatic carbocycles. The van der Waals surface area contributed by atoms with Crippen molar-refractivity contribution in [3.63, 3.8) is 0 Å². The highest BCUT2D eigenvalue weighted by molar-refractivity contribution is 7.99. The number of fused-ring (bicyclic) bond motifs is 2. The van der Waals surface area contributed by atoms with Gasteiger partial charge in [-0.1, -0.05) is 66.4 Å². The van der Waals surface area contributed by atoms with Gasteiger partial charge in [-0.3, -0.25) is 14.5 Å². The monoisotopic (exact) mass is 935 g/mol. The molecule has 1 saturated heterocycles. The predicted molar refractivity (Wildman–Crippen MR) is 266 cm³/mol. The first-order valence-corrected chi connectivity index (χ1v) is 24.2.